The maximum absolute atomic E-state index is 12.9. The van der Waals surface area contributed by atoms with Crippen molar-refractivity contribution in [1.82, 2.24) is 0 Å². The van der Waals surface area contributed by atoms with Gasteiger partial charge in [-0.25, -0.2) is 9.59 Å². The second-order valence-electron chi connectivity index (χ2n) is 4.57. The van der Waals surface area contributed by atoms with E-state index in [-0.39, 0.29) is 17.1 Å². The summed E-state index contributed by atoms with van der Waals surface area (Å²) in [6.07, 6.45) is -4.37. The molecule has 0 spiro atoms. The lowest BCUT2D eigenvalue weighted by atomic mass is 10.2. The molecule has 0 aliphatic heterocycles. The predicted octanol–water partition coefficient (Wildman–Crippen LogP) is 3.88. The molecule has 0 heterocycles. The van der Waals surface area contributed by atoms with Gasteiger partial charge in [0.25, 0.3) is 0 Å². The van der Waals surface area contributed by atoms with Crippen molar-refractivity contribution in [3.63, 3.8) is 0 Å². The SMILES string of the molecule is O=C(Oc1ccc(OC(F)(F)C(=O)O)cc1)c1cc(I)cc(I)c1O. The molecule has 0 fully saturated rings. The van der Waals surface area contributed by atoms with E-state index in [0.717, 1.165) is 24.3 Å². The molecule has 0 saturated carbocycles. The maximum atomic E-state index is 12.9. The molecule has 2 aromatic carbocycles. The van der Waals surface area contributed by atoms with Crippen molar-refractivity contribution in [2.24, 2.45) is 0 Å². The van der Waals surface area contributed by atoms with Crippen molar-refractivity contribution in [1.29, 1.82) is 0 Å². The van der Waals surface area contributed by atoms with Gasteiger partial charge >= 0.3 is 18.0 Å². The van der Waals surface area contributed by atoms with Gasteiger partial charge in [0.15, 0.2) is 0 Å². The summed E-state index contributed by atoms with van der Waals surface area (Å²) in [5, 5.41) is 18.2. The third kappa shape index (κ3) is 4.90. The average molecular weight is 576 g/mol. The monoisotopic (exact) mass is 576 g/mol. The predicted molar refractivity (Wildman–Crippen MR) is 98.2 cm³/mol. The van der Waals surface area contributed by atoms with Crippen molar-refractivity contribution in [3.8, 4) is 17.2 Å². The molecule has 0 amide bonds. The van der Waals surface area contributed by atoms with Crippen molar-refractivity contribution >= 4 is 57.1 Å². The zero-order valence-electron chi connectivity index (χ0n) is 12.0. The van der Waals surface area contributed by atoms with E-state index >= 15 is 0 Å². The highest BCUT2D eigenvalue weighted by molar-refractivity contribution is 14.1. The van der Waals surface area contributed by atoms with Gasteiger partial charge in [0.05, 0.1) is 3.57 Å². The van der Waals surface area contributed by atoms with Gasteiger partial charge in [-0.3, -0.25) is 0 Å². The number of benzene rings is 2. The fraction of sp³-hybridized carbons (Fsp3) is 0.0667. The van der Waals surface area contributed by atoms with E-state index in [1.807, 2.05) is 45.2 Å². The zero-order chi connectivity index (χ0) is 18.8. The van der Waals surface area contributed by atoms with Crippen molar-refractivity contribution in [2.45, 2.75) is 6.11 Å². The summed E-state index contributed by atoms with van der Waals surface area (Å²) in [5.41, 5.74) is -0.0472. The van der Waals surface area contributed by atoms with E-state index in [1.54, 1.807) is 6.07 Å². The number of rotatable bonds is 5. The second-order valence-corrected chi connectivity index (χ2v) is 6.98. The van der Waals surface area contributed by atoms with Gasteiger partial charge in [-0.15, -0.1) is 0 Å². The molecule has 0 aliphatic carbocycles. The number of hydrogen-bond donors (Lipinski definition) is 2. The Kier molecular flexibility index (Phi) is 6.03. The smallest absolute Gasteiger partial charge is 0.501 e. The number of halogens is 4. The third-order valence-electron chi connectivity index (χ3n) is 2.78. The topological polar surface area (TPSA) is 93.1 Å². The summed E-state index contributed by atoms with van der Waals surface area (Å²) in [6, 6.07) is 7.46. The van der Waals surface area contributed by atoms with Gasteiger partial charge in [0, 0.05) is 3.57 Å². The second kappa shape index (κ2) is 7.68. The highest BCUT2D eigenvalue weighted by Gasteiger charge is 2.42. The van der Waals surface area contributed by atoms with E-state index in [9.17, 15) is 23.5 Å². The van der Waals surface area contributed by atoms with Crippen LogP contribution >= 0.6 is 45.2 Å². The summed E-state index contributed by atoms with van der Waals surface area (Å²) in [4.78, 5) is 22.4. The molecule has 0 saturated heterocycles. The first-order valence-corrected chi connectivity index (χ1v) is 8.56. The lowest BCUT2D eigenvalue weighted by Gasteiger charge is -2.13. The van der Waals surface area contributed by atoms with Crippen LogP contribution in [-0.2, 0) is 4.79 Å². The minimum Gasteiger partial charge on any atom is -0.506 e. The first-order valence-electron chi connectivity index (χ1n) is 6.40. The van der Waals surface area contributed by atoms with Crippen LogP contribution in [0.4, 0.5) is 8.78 Å². The van der Waals surface area contributed by atoms with E-state index in [1.165, 1.54) is 6.07 Å². The standard InChI is InChI=1S/C15H8F2I2O6/c16-15(17,14(22)23)25-9-3-1-8(2-4-9)24-13(21)10-5-7(18)6-11(19)12(10)20/h1-6,20H,(H,22,23). The molecule has 0 bridgehead atoms. The van der Waals surface area contributed by atoms with Gasteiger partial charge in [0.2, 0.25) is 0 Å². The molecule has 0 aliphatic rings. The van der Waals surface area contributed by atoms with Gasteiger partial charge in [-0.2, -0.15) is 8.78 Å². The molecule has 0 atom stereocenters. The summed E-state index contributed by atoms with van der Waals surface area (Å²) in [7, 11) is 0. The number of carboxylic acids is 1. The van der Waals surface area contributed by atoms with Crippen LogP contribution < -0.4 is 9.47 Å². The minimum atomic E-state index is -4.37. The highest BCUT2D eigenvalue weighted by atomic mass is 127. The molecule has 0 unspecified atom stereocenters. The molecule has 10 heteroatoms. The number of aromatic hydroxyl groups is 1. The first kappa shape index (κ1) is 19.6. The van der Waals surface area contributed by atoms with Crippen LogP contribution in [0.3, 0.4) is 0 Å². The Labute approximate surface area is 167 Å². The quantitative estimate of drug-likeness (QED) is 0.319. The number of carbonyl (C=O) groups is 2. The number of aliphatic carboxylic acids is 1. The van der Waals surface area contributed by atoms with Crippen LogP contribution in [0.2, 0.25) is 0 Å². The summed E-state index contributed by atoms with van der Waals surface area (Å²) < 4.78 is 36.2. The number of carbonyl (C=O) groups excluding carboxylic acids is 1. The number of carboxylic acid groups (broad SMARTS) is 1. The van der Waals surface area contributed by atoms with E-state index in [2.05, 4.69) is 4.74 Å². The largest absolute Gasteiger partial charge is 0.506 e. The molecule has 2 N–H and O–H groups in total. The highest BCUT2D eigenvalue weighted by Crippen LogP contribution is 2.29. The molecule has 0 radical (unpaired) electrons. The summed E-state index contributed by atoms with van der Waals surface area (Å²) in [6.45, 7) is 0. The number of phenols is 1. The number of ether oxygens (including phenoxy) is 2. The minimum absolute atomic E-state index is 0.00395. The van der Waals surface area contributed by atoms with Gasteiger partial charge in [-0.1, -0.05) is 0 Å². The number of phenolic OH excluding ortho intramolecular Hbond substituents is 1. The van der Waals surface area contributed by atoms with Crippen molar-refractivity contribution in [3.05, 3.63) is 49.1 Å². The van der Waals surface area contributed by atoms with E-state index in [0.29, 0.717) is 7.14 Å². The summed E-state index contributed by atoms with van der Waals surface area (Å²) >= 11 is 3.84. The van der Waals surface area contributed by atoms with Crippen LogP contribution in [0.25, 0.3) is 0 Å². The summed E-state index contributed by atoms with van der Waals surface area (Å²) in [5.74, 6) is -3.90. The number of hydrogen-bond acceptors (Lipinski definition) is 5. The van der Waals surface area contributed by atoms with Gasteiger partial charge < -0.3 is 19.7 Å². The molecular weight excluding hydrogens is 568 g/mol. The zero-order valence-corrected chi connectivity index (χ0v) is 16.3. The lowest BCUT2D eigenvalue weighted by molar-refractivity contribution is -0.210. The Morgan fingerprint density at radius 1 is 1.04 bits per heavy atom. The average Bonchev–Trinajstić information content (AvgIpc) is 2.52. The third-order valence-corrected chi connectivity index (χ3v) is 4.22. The number of esters is 1. The molecule has 132 valence electrons. The molecule has 2 rings (SSSR count). The van der Waals surface area contributed by atoms with Crippen LogP contribution in [0, 0.1) is 7.14 Å². The molecule has 25 heavy (non-hydrogen) atoms. The van der Waals surface area contributed by atoms with Crippen LogP contribution in [0.1, 0.15) is 10.4 Å². The Bertz CT molecular complexity index is 824. The van der Waals surface area contributed by atoms with E-state index < -0.39 is 23.8 Å². The Hall–Kier alpha value is -1.70. The van der Waals surface area contributed by atoms with Gasteiger partial charge in [-0.05, 0) is 81.6 Å². The molecular formula is C15H8F2I2O6. The Morgan fingerprint density at radius 2 is 1.60 bits per heavy atom. The molecule has 2 aromatic rings. The van der Waals surface area contributed by atoms with Crippen molar-refractivity contribution < 1.29 is 38.1 Å². The molecule has 0 aromatic heterocycles. The van der Waals surface area contributed by atoms with Crippen LogP contribution in [-0.4, -0.2) is 28.3 Å². The Balaban J connectivity index is 2.14. The first-order chi connectivity index (χ1) is 11.6. The lowest BCUT2D eigenvalue weighted by Crippen LogP contribution is -2.34. The fourth-order valence-electron chi connectivity index (χ4n) is 1.65. The van der Waals surface area contributed by atoms with Gasteiger partial charge in [0.1, 0.15) is 22.8 Å². The van der Waals surface area contributed by atoms with Crippen molar-refractivity contribution in [2.75, 3.05) is 0 Å². The Morgan fingerprint density at radius 3 is 2.16 bits per heavy atom. The fourth-order valence-corrected chi connectivity index (χ4v) is 3.50. The maximum Gasteiger partial charge on any atom is 0.501 e. The normalized spacial score (nSPS) is 11.0. The van der Waals surface area contributed by atoms with Crippen LogP contribution in [0.15, 0.2) is 36.4 Å². The molecule has 6 nitrogen and oxygen atoms in total. The van der Waals surface area contributed by atoms with Crippen LogP contribution in [0.5, 0.6) is 17.2 Å². The number of alkyl halides is 2. The van der Waals surface area contributed by atoms with E-state index in [4.69, 9.17) is 9.84 Å².